The van der Waals surface area contributed by atoms with E-state index in [0.29, 0.717) is 19.0 Å². The van der Waals surface area contributed by atoms with Crippen LogP contribution in [0.2, 0.25) is 0 Å². The van der Waals surface area contributed by atoms with Gasteiger partial charge >= 0.3 is 0 Å². The molecular weight excluding hydrogens is 242 g/mol. The van der Waals surface area contributed by atoms with E-state index < -0.39 is 0 Å². The Morgan fingerprint density at radius 2 is 2.26 bits per heavy atom. The lowest BCUT2D eigenvalue weighted by Crippen LogP contribution is -2.21. The van der Waals surface area contributed by atoms with Crippen LogP contribution in [0.4, 0.5) is 5.82 Å². The van der Waals surface area contributed by atoms with Gasteiger partial charge in [-0.1, -0.05) is 0 Å². The van der Waals surface area contributed by atoms with Crippen molar-refractivity contribution >= 4 is 27.9 Å². The highest BCUT2D eigenvalue weighted by atomic mass is 16.5. The van der Waals surface area contributed by atoms with Crippen LogP contribution in [-0.4, -0.2) is 26.1 Å². The molecule has 0 aliphatic carbocycles. The molecule has 4 rings (SSSR count). The van der Waals surface area contributed by atoms with Gasteiger partial charge < -0.3 is 15.0 Å². The summed E-state index contributed by atoms with van der Waals surface area (Å²) in [5.41, 5.74) is 9.36. The summed E-state index contributed by atoms with van der Waals surface area (Å²) >= 11 is 0. The lowest BCUT2D eigenvalue weighted by molar-refractivity contribution is 0.0622. The molecule has 0 saturated carbocycles. The predicted molar refractivity (Wildman–Crippen MR) is 71.6 cm³/mol. The fourth-order valence-corrected chi connectivity index (χ4v) is 2.71. The summed E-state index contributed by atoms with van der Waals surface area (Å²) in [6, 6.07) is 4.00. The number of aromatic nitrogens is 4. The number of rotatable bonds is 0. The SMILES string of the molecule is CC1COCc2nc3c(N)nc4cccnc4c3n21. The number of imidazole rings is 1. The van der Waals surface area contributed by atoms with Gasteiger partial charge in [0.05, 0.1) is 18.2 Å². The van der Waals surface area contributed by atoms with Gasteiger partial charge in [-0.2, -0.15) is 0 Å². The van der Waals surface area contributed by atoms with Crippen molar-refractivity contribution in [3.05, 3.63) is 24.2 Å². The molecular formula is C13H13N5O. The van der Waals surface area contributed by atoms with Gasteiger partial charge in [-0.3, -0.25) is 4.98 Å². The molecule has 1 atom stereocenters. The van der Waals surface area contributed by atoms with Gasteiger partial charge in [-0.05, 0) is 19.1 Å². The molecule has 0 bridgehead atoms. The van der Waals surface area contributed by atoms with E-state index in [0.717, 1.165) is 27.9 Å². The van der Waals surface area contributed by atoms with Crippen LogP contribution in [0.1, 0.15) is 18.8 Å². The topological polar surface area (TPSA) is 78.8 Å². The van der Waals surface area contributed by atoms with Gasteiger partial charge in [-0.15, -0.1) is 0 Å². The molecule has 0 aromatic carbocycles. The summed E-state index contributed by atoms with van der Waals surface area (Å²) in [7, 11) is 0. The summed E-state index contributed by atoms with van der Waals surface area (Å²) in [4.78, 5) is 13.4. The molecule has 3 aromatic rings. The smallest absolute Gasteiger partial charge is 0.152 e. The first-order valence-electron chi connectivity index (χ1n) is 6.24. The van der Waals surface area contributed by atoms with Crippen molar-refractivity contribution in [3.63, 3.8) is 0 Å². The van der Waals surface area contributed by atoms with Crippen molar-refractivity contribution in [1.82, 2.24) is 19.5 Å². The molecule has 0 radical (unpaired) electrons. The highest BCUT2D eigenvalue weighted by molar-refractivity contribution is 6.04. The van der Waals surface area contributed by atoms with Crippen LogP contribution in [0.25, 0.3) is 22.1 Å². The van der Waals surface area contributed by atoms with E-state index in [1.54, 1.807) is 6.20 Å². The maximum absolute atomic E-state index is 6.02. The van der Waals surface area contributed by atoms with Gasteiger partial charge in [0.15, 0.2) is 5.82 Å². The van der Waals surface area contributed by atoms with Crippen molar-refractivity contribution in [2.45, 2.75) is 19.6 Å². The molecule has 0 saturated heterocycles. The molecule has 6 heteroatoms. The van der Waals surface area contributed by atoms with Crippen molar-refractivity contribution < 1.29 is 4.74 Å². The third kappa shape index (κ3) is 1.37. The molecule has 0 spiro atoms. The Bertz CT molecular complexity index is 794. The van der Waals surface area contributed by atoms with E-state index in [1.165, 1.54) is 0 Å². The fraction of sp³-hybridized carbons (Fsp3) is 0.308. The standard InChI is InChI=1S/C13H13N5O/c1-7-5-19-6-9-17-11-12(18(7)9)10-8(16-13(11)14)3-2-4-15-10/h2-4,7H,5-6H2,1H3,(H2,14,16). The fourth-order valence-electron chi connectivity index (χ4n) is 2.71. The van der Waals surface area contributed by atoms with Gasteiger partial charge in [-0.25, -0.2) is 9.97 Å². The number of hydrogen-bond donors (Lipinski definition) is 1. The minimum atomic E-state index is 0.223. The molecule has 0 amide bonds. The van der Waals surface area contributed by atoms with Crippen molar-refractivity contribution in [2.24, 2.45) is 0 Å². The summed E-state index contributed by atoms with van der Waals surface area (Å²) < 4.78 is 7.70. The van der Waals surface area contributed by atoms with Gasteiger partial charge in [0.25, 0.3) is 0 Å². The van der Waals surface area contributed by atoms with Crippen LogP contribution in [0.5, 0.6) is 0 Å². The Kier molecular flexibility index (Phi) is 2.05. The van der Waals surface area contributed by atoms with E-state index >= 15 is 0 Å². The third-order valence-electron chi connectivity index (χ3n) is 3.51. The number of nitrogens with two attached hydrogens (primary N) is 1. The van der Waals surface area contributed by atoms with Gasteiger partial charge in [0.1, 0.15) is 29.0 Å². The average Bonchev–Trinajstić information content (AvgIpc) is 2.81. The van der Waals surface area contributed by atoms with E-state index in [1.807, 2.05) is 12.1 Å². The number of hydrogen-bond acceptors (Lipinski definition) is 5. The Labute approximate surface area is 109 Å². The van der Waals surface area contributed by atoms with Crippen LogP contribution in [0.15, 0.2) is 18.3 Å². The highest BCUT2D eigenvalue weighted by Crippen LogP contribution is 2.31. The first kappa shape index (κ1) is 10.7. The second-order valence-corrected chi connectivity index (χ2v) is 4.83. The van der Waals surface area contributed by atoms with Gasteiger partial charge in [0, 0.05) is 6.20 Å². The minimum absolute atomic E-state index is 0.223. The van der Waals surface area contributed by atoms with Gasteiger partial charge in [0.2, 0.25) is 0 Å². The quantitative estimate of drug-likeness (QED) is 0.660. The zero-order chi connectivity index (χ0) is 13.0. The first-order chi connectivity index (χ1) is 9.25. The molecule has 4 heterocycles. The van der Waals surface area contributed by atoms with Crippen LogP contribution < -0.4 is 5.73 Å². The molecule has 2 N–H and O–H groups in total. The molecule has 0 fully saturated rings. The number of nitrogens with zero attached hydrogens (tertiary/aromatic N) is 4. The summed E-state index contributed by atoms with van der Waals surface area (Å²) in [5, 5.41) is 0. The second kappa shape index (κ2) is 3.64. The minimum Gasteiger partial charge on any atom is -0.382 e. The number of fused-ring (bicyclic) bond motifs is 5. The zero-order valence-corrected chi connectivity index (χ0v) is 10.5. The molecule has 1 aliphatic rings. The van der Waals surface area contributed by atoms with Crippen molar-refractivity contribution in [3.8, 4) is 0 Å². The molecule has 1 aliphatic heterocycles. The van der Waals surface area contributed by atoms with E-state index in [4.69, 9.17) is 10.5 Å². The predicted octanol–water partition coefficient (Wildman–Crippen LogP) is 1.65. The first-order valence-corrected chi connectivity index (χ1v) is 6.24. The lowest BCUT2D eigenvalue weighted by Gasteiger charge is -2.22. The summed E-state index contributed by atoms with van der Waals surface area (Å²) in [6.45, 7) is 3.29. The zero-order valence-electron chi connectivity index (χ0n) is 10.5. The normalized spacial score (nSPS) is 18.9. The van der Waals surface area contributed by atoms with E-state index in [9.17, 15) is 0 Å². The lowest BCUT2D eigenvalue weighted by atomic mass is 10.2. The van der Waals surface area contributed by atoms with Crippen LogP contribution in [0.3, 0.4) is 0 Å². The van der Waals surface area contributed by atoms with Crippen LogP contribution in [-0.2, 0) is 11.3 Å². The maximum Gasteiger partial charge on any atom is 0.152 e. The number of pyridine rings is 2. The molecule has 96 valence electrons. The highest BCUT2D eigenvalue weighted by Gasteiger charge is 2.24. The molecule has 6 nitrogen and oxygen atoms in total. The van der Waals surface area contributed by atoms with E-state index in [2.05, 4.69) is 26.4 Å². The Morgan fingerprint density at radius 1 is 1.37 bits per heavy atom. The summed E-state index contributed by atoms with van der Waals surface area (Å²) in [6.07, 6.45) is 1.77. The monoisotopic (exact) mass is 255 g/mol. The second-order valence-electron chi connectivity index (χ2n) is 4.83. The van der Waals surface area contributed by atoms with Crippen LogP contribution in [0, 0.1) is 0 Å². The summed E-state index contributed by atoms with van der Waals surface area (Å²) in [5.74, 6) is 1.34. The average molecular weight is 255 g/mol. The Hall–Kier alpha value is -2.21. The Balaban J connectivity index is 2.24. The third-order valence-corrected chi connectivity index (χ3v) is 3.51. The number of nitrogen functional groups attached to an aromatic ring is 1. The largest absolute Gasteiger partial charge is 0.382 e. The number of anilines is 1. The molecule has 3 aromatic heterocycles. The van der Waals surface area contributed by atoms with Crippen molar-refractivity contribution in [2.75, 3.05) is 12.3 Å². The number of ether oxygens (including phenoxy) is 1. The molecule has 19 heavy (non-hydrogen) atoms. The molecule has 1 unspecified atom stereocenters. The van der Waals surface area contributed by atoms with Crippen LogP contribution >= 0.6 is 0 Å². The van der Waals surface area contributed by atoms with Crippen molar-refractivity contribution in [1.29, 1.82) is 0 Å². The maximum atomic E-state index is 6.02. The van der Waals surface area contributed by atoms with E-state index in [-0.39, 0.29) is 6.04 Å². The Morgan fingerprint density at radius 3 is 3.16 bits per heavy atom.